The van der Waals surface area contributed by atoms with Gasteiger partial charge in [0.2, 0.25) is 0 Å². The number of anilines is 1. The predicted octanol–water partition coefficient (Wildman–Crippen LogP) is 2.63. The molecule has 0 saturated carbocycles. The van der Waals surface area contributed by atoms with Crippen LogP contribution in [0, 0.1) is 0 Å². The Morgan fingerprint density at radius 3 is 2.90 bits per heavy atom. The molecular weight excluding hydrogens is 316 g/mol. The van der Waals surface area contributed by atoms with E-state index in [0.717, 1.165) is 10.1 Å². The normalized spacial score (nSPS) is 14.2. The molecule has 1 amide bonds. The van der Waals surface area contributed by atoms with Crippen LogP contribution in [0.25, 0.3) is 10.1 Å². The standard InChI is InChI=1S/C13H15ClN2O2S2/c1-7(20(2)18)6-16-13(17)12-11(15)9-5-8(14)3-4-10(9)19-12/h3-5,7H,6,15H2,1-2H3,(H,16,17). The third kappa shape index (κ3) is 3.13. The van der Waals surface area contributed by atoms with Crippen molar-refractivity contribution in [2.75, 3.05) is 18.5 Å². The highest BCUT2D eigenvalue weighted by molar-refractivity contribution is 7.84. The number of nitrogen functional groups attached to an aromatic ring is 1. The van der Waals surface area contributed by atoms with Crippen molar-refractivity contribution in [2.24, 2.45) is 0 Å². The maximum atomic E-state index is 12.1. The summed E-state index contributed by atoms with van der Waals surface area (Å²) in [6.45, 7) is 2.18. The fourth-order valence-electron chi connectivity index (χ4n) is 1.69. The van der Waals surface area contributed by atoms with Crippen LogP contribution < -0.4 is 11.1 Å². The quantitative estimate of drug-likeness (QED) is 0.905. The minimum absolute atomic E-state index is 0.0935. The molecule has 0 saturated heterocycles. The Balaban J connectivity index is 2.22. The molecule has 2 aromatic rings. The summed E-state index contributed by atoms with van der Waals surface area (Å²) in [5.41, 5.74) is 6.45. The average molecular weight is 331 g/mol. The molecule has 1 aromatic heterocycles. The van der Waals surface area contributed by atoms with Crippen LogP contribution in [0.1, 0.15) is 16.6 Å². The van der Waals surface area contributed by atoms with Crippen LogP contribution >= 0.6 is 22.9 Å². The molecule has 1 heterocycles. The summed E-state index contributed by atoms with van der Waals surface area (Å²) in [6, 6.07) is 5.37. The van der Waals surface area contributed by atoms with Gasteiger partial charge in [0.25, 0.3) is 5.91 Å². The van der Waals surface area contributed by atoms with E-state index >= 15 is 0 Å². The SMILES string of the molecule is CC(CNC(=O)c1sc2ccc(Cl)cc2c1N)S(C)=O. The maximum absolute atomic E-state index is 12.1. The first-order chi connectivity index (χ1) is 9.40. The van der Waals surface area contributed by atoms with Gasteiger partial charge in [0, 0.05) is 44.0 Å². The number of halogens is 1. The Kier molecular flexibility index (Phi) is 4.67. The van der Waals surface area contributed by atoms with E-state index < -0.39 is 10.8 Å². The summed E-state index contributed by atoms with van der Waals surface area (Å²) in [4.78, 5) is 12.6. The molecule has 7 heteroatoms. The highest BCUT2D eigenvalue weighted by Gasteiger charge is 2.17. The number of benzene rings is 1. The summed E-state index contributed by atoms with van der Waals surface area (Å²) in [5.74, 6) is -0.239. The fourth-order valence-corrected chi connectivity index (χ4v) is 3.20. The number of thiophene rings is 1. The summed E-state index contributed by atoms with van der Waals surface area (Å²) >= 11 is 7.26. The van der Waals surface area contributed by atoms with Crippen LogP contribution in [0.3, 0.4) is 0 Å². The zero-order valence-electron chi connectivity index (χ0n) is 11.1. The van der Waals surface area contributed by atoms with Crippen molar-refractivity contribution in [3.05, 3.63) is 28.1 Å². The molecule has 3 N–H and O–H groups in total. The second kappa shape index (κ2) is 6.11. The number of hydrogen-bond donors (Lipinski definition) is 2. The van der Waals surface area contributed by atoms with Crippen LogP contribution in [0.5, 0.6) is 0 Å². The molecule has 0 spiro atoms. The van der Waals surface area contributed by atoms with Gasteiger partial charge >= 0.3 is 0 Å². The molecule has 2 rings (SSSR count). The van der Waals surface area contributed by atoms with E-state index in [0.29, 0.717) is 22.1 Å². The number of hydrogen-bond acceptors (Lipinski definition) is 4. The fraction of sp³-hybridized carbons (Fsp3) is 0.308. The molecule has 2 atom stereocenters. The Morgan fingerprint density at radius 1 is 1.55 bits per heavy atom. The number of nitrogens with one attached hydrogen (secondary N) is 1. The molecule has 0 aliphatic heterocycles. The van der Waals surface area contributed by atoms with Gasteiger partial charge in [-0.1, -0.05) is 11.6 Å². The zero-order valence-corrected chi connectivity index (χ0v) is 13.5. The lowest BCUT2D eigenvalue weighted by Gasteiger charge is -2.09. The Labute approximate surface area is 128 Å². The van der Waals surface area contributed by atoms with E-state index in [1.54, 1.807) is 18.4 Å². The molecule has 2 unspecified atom stereocenters. The lowest BCUT2D eigenvalue weighted by molar-refractivity contribution is 0.0959. The van der Waals surface area contributed by atoms with Crippen molar-refractivity contribution in [3.63, 3.8) is 0 Å². The molecule has 4 nitrogen and oxygen atoms in total. The van der Waals surface area contributed by atoms with E-state index in [9.17, 15) is 9.00 Å². The molecule has 1 aromatic carbocycles. The Bertz CT molecular complexity index is 684. The van der Waals surface area contributed by atoms with Crippen LogP contribution in [-0.2, 0) is 10.8 Å². The minimum Gasteiger partial charge on any atom is -0.397 e. The zero-order chi connectivity index (χ0) is 14.9. The summed E-state index contributed by atoms with van der Waals surface area (Å²) in [5, 5.41) is 4.05. The van der Waals surface area contributed by atoms with E-state index in [-0.39, 0.29) is 11.2 Å². The lowest BCUT2D eigenvalue weighted by Crippen LogP contribution is -2.32. The number of fused-ring (bicyclic) bond motifs is 1. The molecule has 20 heavy (non-hydrogen) atoms. The molecule has 0 bridgehead atoms. The summed E-state index contributed by atoms with van der Waals surface area (Å²) in [6.07, 6.45) is 1.62. The van der Waals surface area contributed by atoms with Gasteiger partial charge in [-0.25, -0.2) is 0 Å². The molecule has 0 aliphatic rings. The van der Waals surface area contributed by atoms with Gasteiger partial charge in [-0.15, -0.1) is 11.3 Å². The molecule has 0 fully saturated rings. The third-order valence-electron chi connectivity index (χ3n) is 3.01. The largest absolute Gasteiger partial charge is 0.397 e. The third-order valence-corrected chi connectivity index (χ3v) is 5.73. The number of carbonyl (C=O) groups excluding carboxylic acids is 1. The second-order valence-corrected chi connectivity index (χ2v) is 7.80. The topological polar surface area (TPSA) is 72.2 Å². The minimum atomic E-state index is -0.966. The van der Waals surface area contributed by atoms with E-state index in [1.165, 1.54) is 11.3 Å². The first kappa shape index (κ1) is 15.3. The second-order valence-electron chi connectivity index (χ2n) is 4.50. The number of nitrogens with two attached hydrogens (primary N) is 1. The lowest BCUT2D eigenvalue weighted by atomic mass is 10.2. The average Bonchev–Trinajstić information content (AvgIpc) is 2.73. The van der Waals surface area contributed by atoms with Gasteiger partial charge in [0.05, 0.1) is 5.69 Å². The van der Waals surface area contributed by atoms with Gasteiger partial charge in [-0.3, -0.25) is 9.00 Å². The summed E-state index contributed by atoms with van der Waals surface area (Å²) < 4.78 is 12.2. The van der Waals surface area contributed by atoms with Gasteiger partial charge in [0.1, 0.15) is 4.88 Å². The van der Waals surface area contributed by atoms with Crippen molar-refractivity contribution in [2.45, 2.75) is 12.2 Å². The van der Waals surface area contributed by atoms with Gasteiger partial charge < -0.3 is 11.1 Å². The first-order valence-corrected chi connectivity index (χ1v) is 8.79. The number of amides is 1. The highest BCUT2D eigenvalue weighted by Crippen LogP contribution is 2.35. The van der Waals surface area contributed by atoms with E-state index in [4.69, 9.17) is 17.3 Å². The van der Waals surface area contributed by atoms with Gasteiger partial charge in [-0.2, -0.15) is 0 Å². The van der Waals surface area contributed by atoms with Crippen molar-refractivity contribution in [1.29, 1.82) is 0 Å². The Morgan fingerprint density at radius 2 is 2.25 bits per heavy atom. The molecule has 0 aliphatic carbocycles. The van der Waals surface area contributed by atoms with Crippen molar-refractivity contribution < 1.29 is 9.00 Å². The van der Waals surface area contributed by atoms with Crippen molar-refractivity contribution in [1.82, 2.24) is 5.32 Å². The van der Waals surface area contributed by atoms with Crippen LogP contribution in [0.4, 0.5) is 5.69 Å². The highest BCUT2D eigenvalue weighted by atomic mass is 35.5. The molecule has 0 radical (unpaired) electrons. The predicted molar refractivity (Wildman–Crippen MR) is 87.1 cm³/mol. The van der Waals surface area contributed by atoms with E-state index in [2.05, 4.69) is 5.32 Å². The monoisotopic (exact) mass is 330 g/mol. The number of rotatable bonds is 4. The smallest absolute Gasteiger partial charge is 0.263 e. The van der Waals surface area contributed by atoms with Crippen LogP contribution in [0.2, 0.25) is 5.02 Å². The van der Waals surface area contributed by atoms with E-state index in [1.807, 2.05) is 13.0 Å². The van der Waals surface area contributed by atoms with Crippen molar-refractivity contribution in [3.8, 4) is 0 Å². The van der Waals surface area contributed by atoms with Crippen LogP contribution in [0.15, 0.2) is 18.2 Å². The van der Waals surface area contributed by atoms with Crippen LogP contribution in [-0.4, -0.2) is 28.2 Å². The van der Waals surface area contributed by atoms with Crippen molar-refractivity contribution >= 4 is 55.4 Å². The summed E-state index contributed by atoms with van der Waals surface area (Å²) in [7, 11) is -0.966. The Hall–Kier alpha value is -1.11. The van der Waals surface area contributed by atoms with Gasteiger partial charge in [-0.05, 0) is 25.1 Å². The maximum Gasteiger partial charge on any atom is 0.263 e. The molecular formula is C13H15ClN2O2S2. The van der Waals surface area contributed by atoms with Gasteiger partial charge in [0.15, 0.2) is 0 Å². The number of carbonyl (C=O) groups is 1. The molecule has 108 valence electrons. The first-order valence-electron chi connectivity index (χ1n) is 5.98.